The Hall–Kier alpha value is -1.78. The molecular formula is C14H23N3O2. The highest BCUT2D eigenvalue weighted by atomic mass is 16.5. The second-order valence-corrected chi connectivity index (χ2v) is 4.36. The topological polar surface area (TPSA) is 77.2 Å². The fraction of sp³-hybridized carbons (Fsp3) is 0.571. The summed E-state index contributed by atoms with van der Waals surface area (Å²) >= 11 is 0. The molecule has 19 heavy (non-hydrogen) atoms. The van der Waals surface area contributed by atoms with Crippen molar-refractivity contribution in [3.8, 4) is 0 Å². The van der Waals surface area contributed by atoms with E-state index < -0.39 is 0 Å². The summed E-state index contributed by atoms with van der Waals surface area (Å²) in [6.07, 6.45) is 6.27. The highest BCUT2D eigenvalue weighted by Crippen LogP contribution is 2.18. The summed E-state index contributed by atoms with van der Waals surface area (Å²) in [5.74, 6) is -0.0488. The number of carbonyl (C=O) groups excluding carboxylic acids is 1. The van der Waals surface area contributed by atoms with Crippen molar-refractivity contribution < 1.29 is 9.53 Å². The Morgan fingerprint density at radius 1 is 1.37 bits per heavy atom. The van der Waals surface area contributed by atoms with Gasteiger partial charge in [0.1, 0.15) is 5.82 Å². The fourth-order valence-electron chi connectivity index (χ4n) is 1.76. The number of nitrogens with one attached hydrogen (secondary N) is 1. The quantitative estimate of drug-likeness (QED) is 0.558. The minimum atomic E-state index is -0.368. The van der Waals surface area contributed by atoms with Crippen LogP contribution in [-0.4, -0.2) is 24.1 Å². The number of nitrogens with zero attached hydrogens (tertiary/aromatic N) is 1. The smallest absolute Gasteiger partial charge is 0.340 e. The minimum Gasteiger partial charge on any atom is -0.462 e. The Kier molecular flexibility index (Phi) is 6.71. The molecule has 0 amide bonds. The van der Waals surface area contributed by atoms with Crippen molar-refractivity contribution in [1.29, 1.82) is 0 Å². The van der Waals surface area contributed by atoms with Crippen molar-refractivity contribution in [2.24, 2.45) is 0 Å². The zero-order chi connectivity index (χ0) is 14.1. The number of hydrogen-bond acceptors (Lipinski definition) is 5. The maximum atomic E-state index is 11.8. The maximum absolute atomic E-state index is 11.8. The van der Waals surface area contributed by atoms with Crippen LogP contribution in [0.25, 0.3) is 0 Å². The van der Waals surface area contributed by atoms with Crippen LogP contribution in [0.15, 0.2) is 12.3 Å². The number of pyridine rings is 1. The van der Waals surface area contributed by atoms with Crippen LogP contribution in [0.3, 0.4) is 0 Å². The van der Waals surface area contributed by atoms with Crippen LogP contribution >= 0.6 is 0 Å². The van der Waals surface area contributed by atoms with E-state index in [-0.39, 0.29) is 5.97 Å². The van der Waals surface area contributed by atoms with E-state index in [0.717, 1.165) is 13.0 Å². The number of aromatic nitrogens is 1. The Morgan fingerprint density at radius 2 is 2.16 bits per heavy atom. The number of ether oxygens (including phenoxy) is 1. The SMILES string of the molecule is CCCCCCNc1cnc(N)cc1C(=O)OCC. The van der Waals surface area contributed by atoms with Gasteiger partial charge in [0, 0.05) is 6.54 Å². The molecule has 0 spiro atoms. The third-order valence-electron chi connectivity index (χ3n) is 2.77. The summed E-state index contributed by atoms with van der Waals surface area (Å²) in [4.78, 5) is 15.8. The first-order valence-electron chi connectivity index (χ1n) is 6.85. The molecule has 5 nitrogen and oxygen atoms in total. The highest BCUT2D eigenvalue weighted by molar-refractivity contribution is 5.96. The number of rotatable bonds is 8. The van der Waals surface area contributed by atoms with Crippen molar-refractivity contribution in [1.82, 2.24) is 4.98 Å². The van der Waals surface area contributed by atoms with E-state index in [0.29, 0.717) is 23.7 Å². The van der Waals surface area contributed by atoms with Gasteiger partial charge in [-0.05, 0) is 19.4 Å². The van der Waals surface area contributed by atoms with Gasteiger partial charge in [0.2, 0.25) is 0 Å². The fourth-order valence-corrected chi connectivity index (χ4v) is 1.76. The number of nitrogen functional groups attached to an aromatic ring is 1. The molecule has 0 atom stereocenters. The molecule has 1 aromatic rings. The zero-order valence-electron chi connectivity index (χ0n) is 11.7. The predicted octanol–water partition coefficient (Wildman–Crippen LogP) is 2.83. The molecule has 0 aliphatic heterocycles. The van der Waals surface area contributed by atoms with E-state index in [2.05, 4.69) is 17.2 Å². The number of carbonyl (C=O) groups is 1. The lowest BCUT2D eigenvalue weighted by molar-refractivity contribution is 0.0527. The van der Waals surface area contributed by atoms with Gasteiger partial charge >= 0.3 is 5.97 Å². The van der Waals surface area contributed by atoms with Crippen molar-refractivity contribution in [3.63, 3.8) is 0 Å². The molecule has 0 aliphatic carbocycles. The van der Waals surface area contributed by atoms with E-state index in [1.54, 1.807) is 19.2 Å². The second-order valence-electron chi connectivity index (χ2n) is 4.36. The van der Waals surface area contributed by atoms with Crippen LogP contribution in [-0.2, 0) is 4.74 Å². The number of esters is 1. The third-order valence-corrected chi connectivity index (χ3v) is 2.77. The van der Waals surface area contributed by atoms with Gasteiger partial charge in [-0.25, -0.2) is 9.78 Å². The number of anilines is 2. The summed E-state index contributed by atoms with van der Waals surface area (Å²) in [7, 11) is 0. The molecule has 0 saturated carbocycles. The van der Waals surface area contributed by atoms with Gasteiger partial charge in [-0.2, -0.15) is 0 Å². The molecule has 0 radical (unpaired) electrons. The van der Waals surface area contributed by atoms with Crippen LogP contribution in [0.2, 0.25) is 0 Å². The van der Waals surface area contributed by atoms with Crippen LogP contribution < -0.4 is 11.1 Å². The summed E-state index contributed by atoms with van der Waals surface area (Å²) in [6.45, 7) is 5.12. The van der Waals surface area contributed by atoms with E-state index in [1.165, 1.54) is 19.3 Å². The van der Waals surface area contributed by atoms with Gasteiger partial charge in [-0.1, -0.05) is 26.2 Å². The van der Waals surface area contributed by atoms with Gasteiger partial charge < -0.3 is 15.8 Å². The highest BCUT2D eigenvalue weighted by Gasteiger charge is 2.13. The van der Waals surface area contributed by atoms with Crippen molar-refractivity contribution in [2.45, 2.75) is 39.5 Å². The van der Waals surface area contributed by atoms with Gasteiger partial charge in [0.05, 0.1) is 24.1 Å². The average Bonchev–Trinajstić information content (AvgIpc) is 2.40. The second kappa shape index (κ2) is 8.34. The first kappa shape index (κ1) is 15.3. The molecule has 0 aliphatic rings. The molecule has 0 saturated heterocycles. The van der Waals surface area contributed by atoms with Gasteiger partial charge in [-0.15, -0.1) is 0 Å². The first-order chi connectivity index (χ1) is 9.19. The average molecular weight is 265 g/mol. The molecule has 1 rings (SSSR count). The zero-order valence-corrected chi connectivity index (χ0v) is 11.7. The lowest BCUT2D eigenvalue weighted by Gasteiger charge is -2.11. The molecule has 3 N–H and O–H groups in total. The van der Waals surface area contributed by atoms with E-state index >= 15 is 0 Å². The lowest BCUT2D eigenvalue weighted by Crippen LogP contribution is -2.12. The number of nitrogens with two attached hydrogens (primary N) is 1. The van der Waals surface area contributed by atoms with Crippen molar-refractivity contribution in [2.75, 3.05) is 24.2 Å². The normalized spacial score (nSPS) is 10.2. The van der Waals surface area contributed by atoms with Gasteiger partial charge in [-0.3, -0.25) is 0 Å². The molecule has 1 heterocycles. The van der Waals surface area contributed by atoms with Crippen LogP contribution in [0, 0.1) is 0 Å². The third kappa shape index (κ3) is 5.16. The van der Waals surface area contributed by atoms with E-state index in [4.69, 9.17) is 10.5 Å². The molecule has 0 bridgehead atoms. The van der Waals surface area contributed by atoms with Crippen LogP contribution in [0.1, 0.15) is 49.9 Å². The Morgan fingerprint density at radius 3 is 2.84 bits per heavy atom. The minimum absolute atomic E-state index is 0.319. The molecule has 0 aromatic carbocycles. The van der Waals surface area contributed by atoms with Gasteiger partial charge in [0.15, 0.2) is 0 Å². The molecule has 0 fully saturated rings. The predicted molar refractivity (Wildman–Crippen MR) is 77.2 cm³/mol. The standard InChI is InChI=1S/C14H23N3O2/c1-3-5-6-7-8-16-12-10-17-13(15)9-11(12)14(18)19-4-2/h9-10,16H,3-8H2,1-2H3,(H2,15,17). The monoisotopic (exact) mass is 265 g/mol. The Bertz CT molecular complexity index is 408. The van der Waals surface area contributed by atoms with E-state index in [9.17, 15) is 4.79 Å². The molecule has 1 aromatic heterocycles. The molecule has 0 unspecified atom stereocenters. The number of hydrogen-bond donors (Lipinski definition) is 2. The first-order valence-corrected chi connectivity index (χ1v) is 6.85. The summed E-state index contributed by atoms with van der Waals surface area (Å²) in [6, 6.07) is 1.55. The summed E-state index contributed by atoms with van der Waals surface area (Å²) in [5.41, 5.74) is 6.74. The summed E-state index contributed by atoms with van der Waals surface area (Å²) in [5, 5.41) is 3.22. The molecule has 5 heteroatoms. The largest absolute Gasteiger partial charge is 0.462 e. The Labute approximate surface area is 114 Å². The maximum Gasteiger partial charge on any atom is 0.340 e. The van der Waals surface area contributed by atoms with Gasteiger partial charge in [0.25, 0.3) is 0 Å². The summed E-state index contributed by atoms with van der Waals surface area (Å²) < 4.78 is 5.01. The van der Waals surface area contributed by atoms with Crippen LogP contribution in [0.5, 0.6) is 0 Å². The Balaban J connectivity index is 2.63. The molecular weight excluding hydrogens is 242 g/mol. The molecule has 106 valence electrons. The number of unbranched alkanes of at least 4 members (excludes halogenated alkanes) is 3. The van der Waals surface area contributed by atoms with Crippen molar-refractivity contribution in [3.05, 3.63) is 17.8 Å². The van der Waals surface area contributed by atoms with Crippen molar-refractivity contribution >= 4 is 17.5 Å². The van der Waals surface area contributed by atoms with Crippen LogP contribution in [0.4, 0.5) is 11.5 Å². The van der Waals surface area contributed by atoms with E-state index in [1.807, 2.05) is 0 Å². The lowest BCUT2D eigenvalue weighted by atomic mass is 10.2.